The molecule has 0 aliphatic rings. The molecule has 0 radical (unpaired) electrons. The minimum atomic E-state index is -0.915. The molecule has 0 bridgehead atoms. The Morgan fingerprint density at radius 1 is 1.43 bits per heavy atom. The lowest BCUT2D eigenvalue weighted by atomic mass is 10.2. The van der Waals surface area contributed by atoms with Gasteiger partial charge in [0.25, 0.3) is 0 Å². The normalized spacial score (nSPS) is 10.2. The highest BCUT2D eigenvalue weighted by atomic mass is 79.9. The van der Waals surface area contributed by atoms with E-state index in [-0.39, 0.29) is 18.1 Å². The molecule has 0 unspecified atom stereocenters. The van der Waals surface area contributed by atoms with Gasteiger partial charge in [-0.2, -0.15) is 4.39 Å². The Morgan fingerprint density at radius 2 is 2.19 bits per heavy atom. The SMILES string of the molecule is O=Cc1ncc(Br)cc1OCc1ccc(F)c([N+](=O)[O-])c1. The van der Waals surface area contributed by atoms with Crippen molar-refractivity contribution < 1.29 is 18.8 Å². The molecule has 0 saturated heterocycles. The number of nitro benzene ring substituents is 1. The zero-order valence-electron chi connectivity index (χ0n) is 10.5. The second kappa shape index (κ2) is 6.40. The van der Waals surface area contributed by atoms with Gasteiger partial charge in [-0.1, -0.05) is 6.07 Å². The summed E-state index contributed by atoms with van der Waals surface area (Å²) in [4.78, 5) is 24.5. The van der Waals surface area contributed by atoms with Crippen molar-refractivity contribution in [3.05, 3.63) is 62.1 Å². The number of carbonyl (C=O) groups excluding carboxylic acids is 1. The van der Waals surface area contributed by atoms with E-state index < -0.39 is 16.4 Å². The van der Waals surface area contributed by atoms with E-state index in [4.69, 9.17) is 4.74 Å². The molecule has 8 heteroatoms. The summed E-state index contributed by atoms with van der Waals surface area (Å²) in [5.74, 6) is -0.687. The van der Waals surface area contributed by atoms with Crippen molar-refractivity contribution in [2.75, 3.05) is 0 Å². The molecular formula is C13H8BrFN2O4. The predicted molar refractivity (Wildman–Crippen MR) is 74.7 cm³/mol. The number of benzene rings is 1. The molecule has 0 spiro atoms. The number of pyridine rings is 1. The van der Waals surface area contributed by atoms with Crippen LogP contribution in [0.4, 0.5) is 10.1 Å². The molecule has 1 aromatic heterocycles. The van der Waals surface area contributed by atoms with Gasteiger partial charge in [0, 0.05) is 16.7 Å². The minimum Gasteiger partial charge on any atom is -0.486 e. The quantitative estimate of drug-likeness (QED) is 0.467. The van der Waals surface area contributed by atoms with Gasteiger partial charge >= 0.3 is 5.69 Å². The zero-order chi connectivity index (χ0) is 15.4. The van der Waals surface area contributed by atoms with Crippen molar-refractivity contribution in [1.29, 1.82) is 0 Å². The molecule has 0 aliphatic carbocycles. The molecule has 1 aromatic carbocycles. The van der Waals surface area contributed by atoms with Crippen LogP contribution in [-0.2, 0) is 6.61 Å². The number of nitro groups is 1. The number of ether oxygens (including phenoxy) is 1. The predicted octanol–water partition coefficient (Wildman–Crippen LogP) is 3.28. The van der Waals surface area contributed by atoms with Gasteiger partial charge in [0.05, 0.1) is 4.92 Å². The van der Waals surface area contributed by atoms with Crippen molar-refractivity contribution in [2.24, 2.45) is 0 Å². The molecule has 0 aliphatic heterocycles. The molecule has 0 N–H and O–H groups in total. The summed E-state index contributed by atoms with van der Waals surface area (Å²) in [5.41, 5.74) is -0.117. The van der Waals surface area contributed by atoms with E-state index in [1.54, 1.807) is 6.07 Å². The first-order chi connectivity index (χ1) is 10.0. The van der Waals surface area contributed by atoms with Gasteiger partial charge < -0.3 is 4.74 Å². The van der Waals surface area contributed by atoms with Crippen molar-refractivity contribution in [3.63, 3.8) is 0 Å². The molecule has 0 saturated carbocycles. The highest BCUT2D eigenvalue weighted by molar-refractivity contribution is 9.10. The third-order valence-corrected chi connectivity index (χ3v) is 3.00. The number of rotatable bonds is 5. The van der Waals surface area contributed by atoms with Gasteiger partial charge in [0.1, 0.15) is 18.1 Å². The van der Waals surface area contributed by atoms with E-state index in [1.807, 2.05) is 0 Å². The fraction of sp³-hybridized carbons (Fsp3) is 0.0769. The standard InChI is InChI=1S/C13H8BrFN2O4/c14-9-4-13(11(6-18)16-5-9)21-7-8-1-2-10(15)12(3-8)17(19)20/h1-6H,7H2. The first-order valence-electron chi connectivity index (χ1n) is 5.67. The first-order valence-corrected chi connectivity index (χ1v) is 6.47. The third-order valence-electron chi connectivity index (χ3n) is 2.56. The van der Waals surface area contributed by atoms with E-state index in [1.165, 1.54) is 12.3 Å². The summed E-state index contributed by atoms with van der Waals surface area (Å²) in [6, 6.07) is 5.00. The average molecular weight is 355 g/mol. The molecule has 21 heavy (non-hydrogen) atoms. The molecule has 0 amide bonds. The number of halogens is 2. The van der Waals surface area contributed by atoms with E-state index >= 15 is 0 Å². The van der Waals surface area contributed by atoms with Crippen LogP contribution in [0.1, 0.15) is 16.1 Å². The zero-order valence-corrected chi connectivity index (χ0v) is 12.0. The molecule has 0 atom stereocenters. The van der Waals surface area contributed by atoms with Gasteiger partial charge in [0.2, 0.25) is 5.82 Å². The van der Waals surface area contributed by atoms with Crippen molar-refractivity contribution in [2.45, 2.75) is 6.61 Å². The summed E-state index contributed by atoms with van der Waals surface area (Å²) in [6.45, 7) is -0.0555. The number of nitrogens with zero attached hydrogens (tertiary/aromatic N) is 2. The van der Waals surface area contributed by atoms with E-state index in [9.17, 15) is 19.3 Å². The Morgan fingerprint density at radius 3 is 2.86 bits per heavy atom. The maximum absolute atomic E-state index is 13.2. The monoisotopic (exact) mass is 354 g/mol. The smallest absolute Gasteiger partial charge is 0.305 e. The lowest BCUT2D eigenvalue weighted by molar-refractivity contribution is -0.387. The maximum atomic E-state index is 13.2. The molecule has 6 nitrogen and oxygen atoms in total. The molecule has 1 heterocycles. The Labute approximate surface area is 126 Å². The van der Waals surface area contributed by atoms with Crippen LogP contribution < -0.4 is 4.74 Å². The van der Waals surface area contributed by atoms with E-state index in [2.05, 4.69) is 20.9 Å². The van der Waals surface area contributed by atoms with Crippen LogP contribution >= 0.6 is 15.9 Å². The second-order valence-electron chi connectivity index (χ2n) is 3.99. The van der Waals surface area contributed by atoms with Crippen LogP contribution in [0.25, 0.3) is 0 Å². The highest BCUT2D eigenvalue weighted by Crippen LogP contribution is 2.23. The van der Waals surface area contributed by atoms with Crippen LogP contribution in [-0.4, -0.2) is 16.2 Å². The number of hydrogen-bond acceptors (Lipinski definition) is 5. The topological polar surface area (TPSA) is 82.3 Å². The van der Waals surface area contributed by atoms with Gasteiger partial charge in [-0.3, -0.25) is 14.9 Å². The van der Waals surface area contributed by atoms with Gasteiger partial charge in [-0.05, 0) is 33.6 Å². The van der Waals surface area contributed by atoms with E-state index in [0.717, 1.165) is 12.1 Å². The number of aromatic nitrogens is 1. The van der Waals surface area contributed by atoms with Crippen LogP contribution in [0.5, 0.6) is 5.75 Å². The van der Waals surface area contributed by atoms with Crippen molar-refractivity contribution in [1.82, 2.24) is 4.98 Å². The molecule has 2 rings (SSSR count). The second-order valence-corrected chi connectivity index (χ2v) is 4.90. The molecule has 0 fully saturated rings. The van der Waals surface area contributed by atoms with Crippen LogP contribution in [0, 0.1) is 15.9 Å². The van der Waals surface area contributed by atoms with Crippen LogP contribution in [0.3, 0.4) is 0 Å². The Hall–Kier alpha value is -2.35. The van der Waals surface area contributed by atoms with Gasteiger partial charge in [-0.25, -0.2) is 4.98 Å². The van der Waals surface area contributed by atoms with Crippen LogP contribution in [0.15, 0.2) is 34.9 Å². The maximum Gasteiger partial charge on any atom is 0.305 e. The summed E-state index contributed by atoms with van der Waals surface area (Å²) in [5, 5.41) is 10.7. The van der Waals surface area contributed by atoms with Crippen LogP contribution in [0.2, 0.25) is 0 Å². The summed E-state index contributed by atoms with van der Waals surface area (Å²) < 4.78 is 19.2. The van der Waals surface area contributed by atoms with Gasteiger partial charge in [-0.15, -0.1) is 0 Å². The fourth-order valence-corrected chi connectivity index (χ4v) is 1.89. The Balaban J connectivity index is 2.20. The molecular weight excluding hydrogens is 347 g/mol. The summed E-state index contributed by atoms with van der Waals surface area (Å²) >= 11 is 3.19. The highest BCUT2D eigenvalue weighted by Gasteiger charge is 2.15. The van der Waals surface area contributed by atoms with E-state index in [0.29, 0.717) is 16.3 Å². The largest absolute Gasteiger partial charge is 0.486 e. The molecule has 108 valence electrons. The minimum absolute atomic E-state index is 0.0555. The summed E-state index contributed by atoms with van der Waals surface area (Å²) in [7, 11) is 0. The first kappa shape index (κ1) is 15.0. The lowest BCUT2D eigenvalue weighted by Gasteiger charge is -2.08. The molecule has 2 aromatic rings. The number of carbonyl (C=O) groups is 1. The van der Waals surface area contributed by atoms with Gasteiger partial charge in [0.15, 0.2) is 6.29 Å². The number of aldehydes is 1. The lowest BCUT2D eigenvalue weighted by Crippen LogP contribution is -2.01. The average Bonchev–Trinajstić information content (AvgIpc) is 2.46. The van der Waals surface area contributed by atoms with Crippen molar-refractivity contribution >= 4 is 27.9 Å². The third kappa shape index (κ3) is 3.60. The van der Waals surface area contributed by atoms with Crippen molar-refractivity contribution in [3.8, 4) is 5.75 Å². The Bertz CT molecular complexity index is 709. The summed E-state index contributed by atoms with van der Waals surface area (Å²) in [6.07, 6.45) is 1.98. The Kier molecular flexibility index (Phi) is 4.59. The fourth-order valence-electron chi connectivity index (χ4n) is 1.58. The number of hydrogen-bond donors (Lipinski definition) is 0.